The van der Waals surface area contributed by atoms with Gasteiger partial charge in [0.05, 0.1) is 18.0 Å². The number of carboxylic acids is 1. The van der Waals surface area contributed by atoms with E-state index < -0.39 is 5.97 Å². The summed E-state index contributed by atoms with van der Waals surface area (Å²) in [6.45, 7) is 0.497. The molecule has 1 unspecified atom stereocenters. The number of halogens is 1. The molecule has 1 aromatic rings. The Hall–Kier alpha value is -1.21. The van der Waals surface area contributed by atoms with E-state index in [1.54, 1.807) is 28.8 Å². The number of benzene rings is 1. The molecule has 1 aliphatic rings. The van der Waals surface area contributed by atoms with E-state index in [1.807, 2.05) is 0 Å². The number of rotatable bonds is 3. The van der Waals surface area contributed by atoms with Crippen LogP contribution in [-0.2, 0) is 4.79 Å². The molecular weight excluding hydrogens is 346 g/mol. The molecule has 1 aromatic carbocycles. The average Bonchev–Trinajstić information content (AvgIpc) is 2.38. The van der Waals surface area contributed by atoms with Crippen molar-refractivity contribution >= 4 is 39.6 Å². The number of amides is 1. The maximum absolute atomic E-state index is 12.5. The van der Waals surface area contributed by atoms with Crippen molar-refractivity contribution in [3.05, 3.63) is 28.2 Å². The number of hydrogen-bond donors (Lipinski definition) is 2. The Labute approximate surface area is 129 Å². The van der Waals surface area contributed by atoms with Gasteiger partial charge in [-0.25, -0.2) is 0 Å². The van der Waals surface area contributed by atoms with Crippen LogP contribution in [-0.4, -0.2) is 51.1 Å². The molecule has 1 amide bonds. The molecule has 1 saturated heterocycles. The molecule has 0 bridgehead atoms. The van der Waals surface area contributed by atoms with Crippen LogP contribution in [0.3, 0.4) is 0 Å². The highest BCUT2D eigenvalue weighted by Crippen LogP contribution is 2.27. The van der Waals surface area contributed by atoms with Crippen LogP contribution in [0.25, 0.3) is 0 Å². The zero-order valence-corrected chi connectivity index (χ0v) is 13.0. The smallest absolute Gasteiger partial charge is 0.305 e. The van der Waals surface area contributed by atoms with Gasteiger partial charge in [-0.3, -0.25) is 9.59 Å². The molecule has 2 N–H and O–H groups in total. The van der Waals surface area contributed by atoms with E-state index >= 15 is 0 Å². The lowest BCUT2D eigenvalue weighted by Crippen LogP contribution is -2.47. The molecule has 1 aliphatic heterocycles. The van der Waals surface area contributed by atoms with Gasteiger partial charge < -0.3 is 15.1 Å². The summed E-state index contributed by atoms with van der Waals surface area (Å²) in [6, 6.07) is 4.35. The number of carbonyl (C=O) groups excluding carboxylic acids is 1. The molecule has 1 heterocycles. The van der Waals surface area contributed by atoms with Gasteiger partial charge in [-0.1, -0.05) is 15.9 Å². The first-order valence-electron chi connectivity index (χ1n) is 6.08. The number of nitrogens with zero attached hydrogens (tertiary/aromatic N) is 1. The molecule has 5 nitrogen and oxygen atoms in total. The van der Waals surface area contributed by atoms with Crippen LogP contribution in [0.15, 0.2) is 22.7 Å². The third kappa shape index (κ3) is 3.46. The fourth-order valence-electron chi connectivity index (χ4n) is 2.13. The van der Waals surface area contributed by atoms with E-state index in [9.17, 15) is 14.7 Å². The number of aromatic hydroxyl groups is 1. The first-order valence-corrected chi connectivity index (χ1v) is 8.03. The number of carboxylic acid groups (broad SMARTS) is 1. The summed E-state index contributed by atoms with van der Waals surface area (Å²) in [6.07, 6.45) is -0.0734. The number of hydrogen-bond acceptors (Lipinski definition) is 4. The molecule has 1 atom stereocenters. The van der Waals surface area contributed by atoms with E-state index in [1.165, 1.54) is 6.07 Å². The molecular formula is C13H14BrNO4S. The molecule has 1 fully saturated rings. The van der Waals surface area contributed by atoms with Gasteiger partial charge >= 0.3 is 5.97 Å². The van der Waals surface area contributed by atoms with E-state index in [4.69, 9.17) is 5.11 Å². The number of carbonyl (C=O) groups is 2. The van der Waals surface area contributed by atoms with Gasteiger partial charge in [-0.2, -0.15) is 11.8 Å². The Bertz CT molecular complexity index is 537. The Morgan fingerprint density at radius 1 is 1.45 bits per heavy atom. The third-order valence-corrected chi connectivity index (χ3v) is 4.67. The van der Waals surface area contributed by atoms with Crippen LogP contribution in [0.5, 0.6) is 5.75 Å². The highest BCUT2D eigenvalue weighted by molar-refractivity contribution is 9.10. The molecule has 2 rings (SSSR count). The van der Waals surface area contributed by atoms with Crippen LogP contribution in [0, 0.1) is 0 Å². The van der Waals surface area contributed by atoms with Gasteiger partial charge in [-0.05, 0) is 18.2 Å². The Balaban J connectivity index is 2.22. The minimum absolute atomic E-state index is 0.0734. The van der Waals surface area contributed by atoms with E-state index in [0.717, 1.165) is 5.75 Å². The molecule has 0 radical (unpaired) electrons. The topological polar surface area (TPSA) is 77.8 Å². The lowest BCUT2D eigenvalue weighted by molar-refractivity contribution is -0.138. The molecule has 0 saturated carbocycles. The molecule has 108 valence electrons. The predicted octanol–water partition coefficient (Wildman–Crippen LogP) is 2.19. The highest BCUT2D eigenvalue weighted by atomic mass is 79.9. The van der Waals surface area contributed by atoms with Crippen LogP contribution >= 0.6 is 27.7 Å². The Morgan fingerprint density at radius 3 is 2.85 bits per heavy atom. The zero-order chi connectivity index (χ0) is 14.7. The summed E-state index contributed by atoms with van der Waals surface area (Å²) in [5, 5.41) is 18.8. The SMILES string of the molecule is O=C(O)CC1CSCCN1C(=O)c1ccc(Br)cc1O. The van der Waals surface area contributed by atoms with Gasteiger partial charge in [0, 0.05) is 22.5 Å². The Kier molecular flexibility index (Phi) is 4.93. The second-order valence-corrected chi connectivity index (χ2v) is 6.55. The van der Waals surface area contributed by atoms with E-state index in [0.29, 0.717) is 16.8 Å². The normalized spacial score (nSPS) is 18.9. The Morgan fingerprint density at radius 2 is 2.20 bits per heavy atom. The van der Waals surface area contributed by atoms with Gasteiger partial charge in [0.2, 0.25) is 0 Å². The van der Waals surface area contributed by atoms with Crippen LogP contribution in [0.2, 0.25) is 0 Å². The number of phenols is 1. The zero-order valence-electron chi connectivity index (χ0n) is 10.6. The first-order chi connectivity index (χ1) is 9.49. The molecule has 20 heavy (non-hydrogen) atoms. The summed E-state index contributed by atoms with van der Waals surface area (Å²) in [5.41, 5.74) is 0.204. The largest absolute Gasteiger partial charge is 0.507 e. The lowest BCUT2D eigenvalue weighted by Gasteiger charge is -2.34. The maximum Gasteiger partial charge on any atom is 0.305 e. The van der Waals surface area contributed by atoms with Crippen LogP contribution in [0.1, 0.15) is 16.8 Å². The van der Waals surface area contributed by atoms with Crippen molar-refractivity contribution in [1.29, 1.82) is 0 Å². The maximum atomic E-state index is 12.5. The summed E-state index contributed by atoms with van der Waals surface area (Å²) < 4.78 is 0.683. The summed E-state index contributed by atoms with van der Waals surface area (Å²) >= 11 is 4.86. The summed E-state index contributed by atoms with van der Waals surface area (Å²) in [4.78, 5) is 24.9. The fraction of sp³-hybridized carbons (Fsp3) is 0.385. The summed E-state index contributed by atoms with van der Waals surface area (Å²) in [7, 11) is 0. The second kappa shape index (κ2) is 6.49. The number of aliphatic carboxylic acids is 1. The number of thioether (sulfide) groups is 1. The standard InChI is InChI=1S/C13H14BrNO4S/c14-8-1-2-10(11(16)5-8)13(19)15-3-4-20-7-9(15)6-12(17)18/h1-2,5,9,16H,3-4,6-7H2,(H,17,18). The van der Waals surface area contributed by atoms with Crippen LogP contribution in [0.4, 0.5) is 0 Å². The van der Waals surface area contributed by atoms with Crippen LogP contribution < -0.4 is 0 Å². The molecule has 0 spiro atoms. The third-order valence-electron chi connectivity index (χ3n) is 3.09. The first kappa shape index (κ1) is 15.2. The lowest BCUT2D eigenvalue weighted by atomic mass is 10.1. The van der Waals surface area contributed by atoms with Gasteiger partial charge in [0.1, 0.15) is 5.75 Å². The van der Waals surface area contributed by atoms with E-state index in [2.05, 4.69) is 15.9 Å². The number of phenolic OH excluding ortho intramolecular Hbond substituents is 1. The summed E-state index contributed by atoms with van der Waals surface area (Å²) in [5.74, 6) is 0.0441. The monoisotopic (exact) mass is 359 g/mol. The molecule has 7 heteroatoms. The average molecular weight is 360 g/mol. The fourth-order valence-corrected chi connectivity index (χ4v) is 3.54. The minimum atomic E-state index is -0.921. The van der Waals surface area contributed by atoms with Crippen molar-refractivity contribution in [2.75, 3.05) is 18.1 Å². The van der Waals surface area contributed by atoms with Gasteiger partial charge in [-0.15, -0.1) is 0 Å². The van der Waals surface area contributed by atoms with Crippen molar-refractivity contribution in [2.45, 2.75) is 12.5 Å². The van der Waals surface area contributed by atoms with E-state index in [-0.39, 0.29) is 29.7 Å². The molecule has 0 aliphatic carbocycles. The second-order valence-electron chi connectivity index (χ2n) is 4.49. The van der Waals surface area contributed by atoms with Crippen molar-refractivity contribution < 1.29 is 19.8 Å². The van der Waals surface area contributed by atoms with Crippen molar-refractivity contribution in [3.63, 3.8) is 0 Å². The van der Waals surface area contributed by atoms with Gasteiger partial charge in [0.15, 0.2) is 0 Å². The van der Waals surface area contributed by atoms with Crippen molar-refractivity contribution in [3.8, 4) is 5.75 Å². The highest BCUT2D eigenvalue weighted by Gasteiger charge is 2.30. The predicted molar refractivity (Wildman–Crippen MR) is 80.2 cm³/mol. The van der Waals surface area contributed by atoms with Gasteiger partial charge in [0.25, 0.3) is 5.91 Å². The quantitative estimate of drug-likeness (QED) is 0.864. The minimum Gasteiger partial charge on any atom is -0.507 e. The van der Waals surface area contributed by atoms with Crippen molar-refractivity contribution in [1.82, 2.24) is 4.90 Å². The molecule has 0 aromatic heterocycles. The van der Waals surface area contributed by atoms with Crippen molar-refractivity contribution in [2.24, 2.45) is 0 Å².